The second-order valence-corrected chi connectivity index (χ2v) is 21.4. The molecule has 13 aromatic carbocycles. The van der Waals surface area contributed by atoms with Gasteiger partial charge in [-0.2, -0.15) is 0 Å². The van der Waals surface area contributed by atoms with E-state index in [2.05, 4.69) is 278 Å². The van der Waals surface area contributed by atoms with Crippen molar-refractivity contribution in [3.63, 3.8) is 0 Å². The molecule has 0 amide bonds. The van der Waals surface area contributed by atoms with Crippen molar-refractivity contribution in [2.45, 2.75) is 59.3 Å². The number of benzene rings is 13. The normalized spacial score (nSPS) is 13.3. The minimum Gasteiger partial charge on any atom is -0.309 e. The standard InChI is InChI=1S/C55H43N.C11H10.C7H8/c1-34-37-22-11-16-28-43(37)53(56(36-20-7-6-8-21-36)52-29-17-19-35-18-9-10-23-38(35)52)47-33-51-48(30-44(34)47)54(2,3)49-31-45-41-26-14-12-24-39(41)40-25-13-15-27-42(40)46(45)32-50(49)55(51,4)5;1-9-5-4-7-10-6-2-3-8-11(9)10;1-7-5-3-2-4-6-7/h6-33H,1-5H3;2-8H,1H3;2-6H,1H3. The summed E-state index contributed by atoms with van der Waals surface area (Å²) >= 11 is 0. The van der Waals surface area contributed by atoms with E-state index < -0.39 is 0 Å². The van der Waals surface area contributed by atoms with Crippen LogP contribution in [0.1, 0.15) is 66.6 Å². The Balaban J connectivity index is 0.000000259. The zero-order valence-electron chi connectivity index (χ0n) is 43.5. The summed E-state index contributed by atoms with van der Waals surface area (Å²) in [4.78, 5) is 2.53. The topological polar surface area (TPSA) is 3.24 Å². The third kappa shape index (κ3) is 7.78. The average Bonchev–Trinajstić information content (AvgIpc) is 3.45. The molecule has 0 heterocycles. The lowest BCUT2D eigenvalue weighted by Crippen LogP contribution is -2.36. The van der Waals surface area contributed by atoms with Crippen LogP contribution in [-0.2, 0) is 10.8 Å². The summed E-state index contributed by atoms with van der Waals surface area (Å²) in [5.74, 6) is 0. The SMILES string of the molecule is Cc1c2ccccc2c(N(c2ccccc2)c2cccc3ccccc23)c2cc3c(cc12)C(C)(C)c1cc2c4ccccc4c4ccccc4c2cc1C3(C)C.Cc1cccc2ccccc12.Cc1ccccc1. The van der Waals surface area contributed by atoms with Crippen molar-refractivity contribution in [2.75, 3.05) is 4.90 Å². The van der Waals surface area contributed by atoms with Gasteiger partial charge >= 0.3 is 0 Å². The first-order valence-electron chi connectivity index (χ1n) is 26.2. The maximum absolute atomic E-state index is 2.58. The molecule has 0 fully saturated rings. The first kappa shape index (κ1) is 46.5. The van der Waals surface area contributed by atoms with Crippen molar-refractivity contribution in [3.8, 4) is 0 Å². The number of nitrogens with zero attached hydrogens (tertiary/aromatic N) is 1. The van der Waals surface area contributed by atoms with Crippen LogP contribution in [-0.4, -0.2) is 0 Å². The molecule has 0 saturated heterocycles. The Bertz CT molecular complexity index is 4260. The van der Waals surface area contributed by atoms with E-state index in [0.717, 1.165) is 5.69 Å². The molecule has 1 nitrogen and oxygen atoms in total. The molecule has 0 radical (unpaired) electrons. The summed E-state index contributed by atoms with van der Waals surface area (Å²) in [5, 5.41) is 18.2. The van der Waals surface area contributed by atoms with Gasteiger partial charge in [0, 0.05) is 32.7 Å². The summed E-state index contributed by atoms with van der Waals surface area (Å²) in [7, 11) is 0. The van der Waals surface area contributed by atoms with Crippen molar-refractivity contribution >= 4 is 92.5 Å². The van der Waals surface area contributed by atoms with E-state index in [1.165, 1.54) is 126 Å². The quantitative estimate of drug-likeness (QED) is 0.126. The van der Waals surface area contributed by atoms with Crippen LogP contribution < -0.4 is 4.90 Å². The molecule has 1 aliphatic rings. The number of anilines is 3. The van der Waals surface area contributed by atoms with Crippen LogP contribution in [0.4, 0.5) is 17.1 Å². The lowest BCUT2D eigenvalue weighted by molar-refractivity contribution is 0.523. The zero-order valence-corrected chi connectivity index (χ0v) is 43.5. The number of rotatable bonds is 3. The maximum atomic E-state index is 2.58. The van der Waals surface area contributed by atoms with Crippen LogP contribution in [0.25, 0.3) is 75.4 Å². The number of aryl methyl sites for hydroxylation is 3. The molecule has 0 aromatic heterocycles. The summed E-state index contributed by atoms with van der Waals surface area (Å²) < 4.78 is 0. The number of hydrogen-bond acceptors (Lipinski definition) is 1. The van der Waals surface area contributed by atoms with Crippen molar-refractivity contribution in [2.24, 2.45) is 0 Å². The van der Waals surface area contributed by atoms with Crippen LogP contribution in [0.2, 0.25) is 0 Å². The Morgan fingerprint density at radius 3 is 1.18 bits per heavy atom. The van der Waals surface area contributed by atoms with Crippen LogP contribution in [0.5, 0.6) is 0 Å². The molecule has 13 aromatic rings. The molecule has 0 spiro atoms. The molecule has 74 heavy (non-hydrogen) atoms. The second kappa shape index (κ2) is 18.5. The lowest BCUT2D eigenvalue weighted by atomic mass is 9.59. The smallest absolute Gasteiger partial charge is 0.0618 e. The fourth-order valence-electron chi connectivity index (χ4n) is 12.3. The Kier molecular flexibility index (Phi) is 11.6. The van der Waals surface area contributed by atoms with E-state index in [1.54, 1.807) is 0 Å². The van der Waals surface area contributed by atoms with E-state index in [1.807, 2.05) is 18.2 Å². The van der Waals surface area contributed by atoms with Crippen LogP contribution in [0.15, 0.2) is 243 Å². The molecular weight excluding hydrogens is 891 g/mol. The Morgan fingerprint density at radius 2 is 0.662 bits per heavy atom. The Labute approximate surface area is 436 Å². The summed E-state index contributed by atoms with van der Waals surface area (Å²) in [6.45, 7) is 16.4. The van der Waals surface area contributed by atoms with E-state index in [9.17, 15) is 0 Å². The van der Waals surface area contributed by atoms with Gasteiger partial charge < -0.3 is 4.90 Å². The van der Waals surface area contributed by atoms with Crippen molar-refractivity contribution in [1.29, 1.82) is 0 Å². The average molecular weight is 952 g/mol. The van der Waals surface area contributed by atoms with Gasteiger partial charge in [-0.05, 0) is 156 Å². The molecule has 358 valence electrons. The third-order valence-electron chi connectivity index (χ3n) is 16.2. The summed E-state index contributed by atoms with van der Waals surface area (Å²) in [5.41, 5.74) is 12.7. The predicted molar refractivity (Wildman–Crippen MR) is 321 cm³/mol. The highest BCUT2D eigenvalue weighted by atomic mass is 15.1. The molecule has 0 unspecified atom stereocenters. The highest BCUT2D eigenvalue weighted by Gasteiger charge is 2.43. The first-order chi connectivity index (χ1) is 36.0. The monoisotopic (exact) mass is 951 g/mol. The fraction of sp³-hybridized carbons (Fsp3) is 0.123. The van der Waals surface area contributed by atoms with E-state index >= 15 is 0 Å². The van der Waals surface area contributed by atoms with Crippen LogP contribution in [0, 0.1) is 20.8 Å². The zero-order chi connectivity index (χ0) is 50.7. The number of hydrogen-bond donors (Lipinski definition) is 0. The van der Waals surface area contributed by atoms with Crippen LogP contribution >= 0.6 is 0 Å². The van der Waals surface area contributed by atoms with Gasteiger partial charge in [-0.1, -0.05) is 233 Å². The Morgan fingerprint density at radius 1 is 0.284 bits per heavy atom. The van der Waals surface area contributed by atoms with Gasteiger partial charge in [0.15, 0.2) is 0 Å². The molecule has 0 bridgehead atoms. The van der Waals surface area contributed by atoms with Gasteiger partial charge in [0.1, 0.15) is 0 Å². The number of para-hydroxylation sites is 1. The predicted octanol–water partition coefficient (Wildman–Crippen LogP) is 20.5. The molecule has 0 atom stereocenters. The molecule has 0 aliphatic heterocycles. The van der Waals surface area contributed by atoms with Gasteiger partial charge in [-0.15, -0.1) is 0 Å². The molecule has 1 heteroatoms. The van der Waals surface area contributed by atoms with Crippen molar-refractivity contribution < 1.29 is 0 Å². The molecule has 1 aliphatic carbocycles. The minimum absolute atomic E-state index is 0.234. The summed E-state index contributed by atoms with van der Waals surface area (Å²) in [6.07, 6.45) is 0. The van der Waals surface area contributed by atoms with Gasteiger partial charge in [-0.3, -0.25) is 0 Å². The first-order valence-corrected chi connectivity index (χ1v) is 26.2. The maximum Gasteiger partial charge on any atom is 0.0618 e. The summed E-state index contributed by atoms with van der Waals surface area (Å²) in [6, 6.07) is 88.7. The van der Waals surface area contributed by atoms with E-state index in [4.69, 9.17) is 0 Å². The number of fused-ring (bicyclic) bond motifs is 12. The van der Waals surface area contributed by atoms with E-state index in [0.29, 0.717) is 0 Å². The van der Waals surface area contributed by atoms with Gasteiger partial charge in [0.05, 0.1) is 11.4 Å². The second-order valence-electron chi connectivity index (χ2n) is 21.4. The van der Waals surface area contributed by atoms with Gasteiger partial charge in [0.25, 0.3) is 0 Å². The molecule has 0 saturated carbocycles. The molecular formula is C73H61N. The lowest BCUT2D eigenvalue weighted by Gasteiger charge is -2.45. The Hall–Kier alpha value is -8.52. The fourth-order valence-corrected chi connectivity index (χ4v) is 12.3. The highest BCUT2D eigenvalue weighted by Crippen LogP contribution is 2.55. The molecule has 0 N–H and O–H groups in total. The van der Waals surface area contributed by atoms with Gasteiger partial charge in [-0.25, -0.2) is 0 Å². The van der Waals surface area contributed by atoms with E-state index in [-0.39, 0.29) is 10.8 Å². The van der Waals surface area contributed by atoms with Crippen molar-refractivity contribution in [1.82, 2.24) is 0 Å². The van der Waals surface area contributed by atoms with Crippen LogP contribution in [0.3, 0.4) is 0 Å². The van der Waals surface area contributed by atoms with Gasteiger partial charge in [0.2, 0.25) is 0 Å². The largest absolute Gasteiger partial charge is 0.309 e. The minimum atomic E-state index is -0.261. The molecule has 14 rings (SSSR count). The third-order valence-corrected chi connectivity index (χ3v) is 16.2. The highest BCUT2D eigenvalue weighted by molar-refractivity contribution is 6.26. The van der Waals surface area contributed by atoms with Crippen molar-refractivity contribution in [3.05, 3.63) is 282 Å².